The Balaban J connectivity index is 3.72. The average Bonchev–Trinajstić information content (AvgIpc) is 2.15. The third kappa shape index (κ3) is 8.19. The molecule has 17 heavy (non-hydrogen) atoms. The highest BCUT2D eigenvalue weighted by Crippen LogP contribution is 2.21. The van der Waals surface area contributed by atoms with E-state index in [1.165, 1.54) is 6.42 Å². The van der Waals surface area contributed by atoms with Crippen LogP contribution in [0.2, 0.25) is 0 Å². The highest BCUT2D eigenvalue weighted by atomic mass is 16.2. The molecule has 0 saturated heterocycles. The van der Waals surface area contributed by atoms with Gasteiger partial charge in [-0.05, 0) is 31.6 Å². The Bertz CT molecular complexity index is 229. The van der Waals surface area contributed by atoms with Gasteiger partial charge in [-0.15, -0.1) is 0 Å². The molecule has 3 N–H and O–H groups in total. The molecule has 0 aliphatic carbocycles. The first-order chi connectivity index (χ1) is 7.69. The zero-order valence-electron chi connectivity index (χ0n) is 12.2. The lowest BCUT2D eigenvalue weighted by Gasteiger charge is -2.23. The Morgan fingerprint density at radius 2 is 1.71 bits per heavy atom. The monoisotopic (exact) mass is 242 g/mol. The van der Waals surface area contributed by atoms with Gasteiger partial charge < -0.3 is 11.1 Å². The van der Waals surface area contributed by atoms with Crippen molar-refractivity contribution in [2.75, 3.05) is 6.54 Å². The Morgan fingerprint density at radius 1 is 1.12 bits per heavy atom. The fraction of sp³-hybridized carbons (Fsp3) is 0.929. The minimum atomic E-state index is -0.710. The van der Waals surface area contributed by atoms with Gasteiger partial charge in [-0.25, -0.2) is 0 Å². The number of carbonyl (C=O) groups is 1. The van der Waals surface area contributed by atoms with Crippen LogP contribution in [0.4, 0.5) is 0 Å². The van der Waals surface area contributed by atoms with Crippen LogP contribution in [-0.2, 0) is 4.79 Å². The quantitative estimate of drug-likeness (QED) is 0.674. The van der Waals surface area contributed by atoms with Crippen LogP contribution >= 0.6 is 0 Å². The molecular formula is C14H30N2O. The van der Waals surface area contributed by atoms with Crippen molar-refractivity contribution >= 4 is 5.91 Å². The Hall–Kier alpha value is -0.570. The summed E-state index contributed by atoms with van der Waals surface area (Å²) in [6, 6.07) is 0. The number of nitrogens with one attached hydrogen (secondary N) is 1. The maximum atomic E-state index is 11.8. The van der Waals surface area contributed by atoms with Crippen LogP contribution in [0.15, 0.2) is 0 Å². The van der Waals surface area contributed by atoms with Gasteiger partial charge in [0, 0.05) is 6.54 Å². The van der Waals surface area contributed by atoms with E-state index in [0.29, 0.717) is 5.41 Å². The molecular weight excluding hydrogens is 212 g/mol. The number of nitrogens with two attached hydrogens (primary N) is 1. The molecule has 1 unspecified atom stereocenters. The first kappa shape index (κ1) is 16.4. The summed E-state index contributed by atoms with van der Waals surface area (Å²) in [6.07, 6.45) is 5.05. The van der Waals surface area contributed by atoms with E-state index in [4.69, 9.17) is 5.73 Å². The summed E-state index contributed by atoms with van der Waals surface area (Å²) in [4.78, 5) is 11.8. The molecule has 0 saturated carbocycles. The summed E-state index contributed by atoms with van der Waals surface area (Å²) in [5, 5.41) is 2.93. The molecule has 3 heteroatoms. The van der Waals surface area contributed by atoms with E-state index in [2.05, 4.69) is 26.1 Å². The summed E-state index contributed by atoms with van der Waals surface area (Å²) < 4.78 is 0. The van der Waals surface area contributed by atoms with Crippen molar-refractivity contribution < 1.29 is 4.79 Å². The number of hydrogen-bond acceptors (Lipinski definition) is 2. The fourth-order valence-electron chi connectivity index (χ4n) is 1.82. The van der Waals surface area contributed by atoms with E-state index < -0.39 is 5.54 Å². The Labute approximate surface area is 107 Å². The van der Waals surface area contributed by atoms with Crippen LogP contribution < -0.4 is 11.1 Å². The van der Waals surface area contributed by atoms with Crippen molar-refractivity contribution in [2.45, 2.75) is 72.3 Å². The molecule has 1 amide bonds. The average molecular weight is 242 g/mol. The van der Waals surface area contributed by atoms with Gasteiger partial charge >= 0.3 is 0 Å². The minimum Gasteiger partial charge on any atom is -0.355 e. The first-order valence-corrected chi connectivity index (χ1v) is 6.76. The number of unbranched alkanes of at least 4 members (excludes halogenated alkanes) is 1. The molecule has 0 spiro atoms. The van der Waals surface area contributed by atoms with Gasteiger partial charge in [0.25, 0.3) is 0 Å². The molecule has 3 nitrogen and oxygen atoms in total. The van der Waals surface area contributed by atoms with Crippen LogP contribution in [-0.4, -0.2) is 18.0 Å². The van der Waals surface area contributed by atoms with Gasteiger partial charge in [-0.1, -0.05) is 40.5 Å². The van der Waals surface area contributed by atoms with Crippen molar-refractivity contribution in [2.24, 2.45) is 11.1 Å². The van der Waals surface area contributed by atoms with Gasteiger partial charge in [0.15, 0.2) is 0 Å². The van der Waals surface area contributed by atoms with E-state index in [1.807, 2.05) is 6.92 Å². The van der Waals surface area contributed by atoms with E-state index in [9.17, 15) is 4.79 Å². The lowest BCUT2D eigenvalue weighted by molar-refractivity contribution is -0.126. The molecule has 0 rings (SSSR count). The first-order valence-electron chi connectivity index (χ1n) is 6.76. The summed E-state index contributed by atoms with van der Waals surface area (Å²) >= 11 is 0. The van der Waals surface area contributed by atoms with Gasteiger partial charge in [-0.3, -0.25) is 4.79 Å². The van der Waals surface area contributed by atoms with Crippen molar-refractivity contribution in [3.63, 3.8) is 0 Å². The highest BCUT2D eigenvalue weighted by molar-refractivity contribution is 5.85. The zero-order chi connectivity index (χ0) is 13.5. The maximum Gasteiger partial charge on any atom is 0.239 e. The van der Waals surface area contributed by atoms with Gasteiger partial charge in [-0.2, -0.15) is 0 Å². The van der Waals surface area contributed by atoms with Crippen LogP contribution in [0.3, 0.4) is 0 Å². The smallest absolute Gasteiger partial charge is 0.239 e. The molecule has 0 aromatic carbocycles. The van der Waals surface area contributed by atoms with Gasteiger partial charge in [0.2, 0.25) is 5.91 Å². The summed E-state index contributed by atoms with van der Waals surface area (Å²) in [6.45, 7) is 11.3. The number of carbonyl (C=O) groups excluding carboxylic acids is 1. The van der Waals surface area contributed by atoms with Crippen molar-refractivity contribution in [3.05, 3.63) is 0 Å². The molecule has 0 fully saturated rings. The van der Waals surface area contributed by atoms with Crippen LogP contribution in [0, 0.1) is 5.41 Å². The van der Waals surface area contributed by atoms with Crippen molar-refractivity contribution in [1.29, 1.82) is 0 Å². The molecule has 0 aliphatic rings. The lowest BCUT2D eigenvalue weighted by atomic mass is 9.90. The van der Waals surface area contributed by atoms with Crippen LogP contribution in [0.25, 0.3) is 0 Å². The molecule has 102 valence electrons. The molecule has 0 heterocycles. The zero-order valence-corrected chi connectivity index (χ0v) is 12.2. The highest BCUT2D eigenvalue weighted by Gasteiger charge is 2.26. The van der Waals surface area contributed by atoms with E-state index >= 15 is 0 Å². The Morgan fingerprint density at radius 3 is 2.18 bits per heavy atom. The number of amides is 1. The van der Waals surface area contributed by atoms with Crippen LogP contribution in [0.5, 0.6) is 0 Å². The van der Waals surface area contributed by atoms with Gasteiger partial charge in [0.05, 0.1) is 5.54 Å². The summed E-state index contributed by atoms with van der Waals surface area (Å²) in [7, 11) is 0. The Kier molecular flexibility index (Phi) is 6.76. The van der Waals surface area contributed by atoms with Crippen LogP contribution in [0.1, 0.15) is 66.7 Å². The molecule has 0 radical (unpaired) electrons. The molecule has 0 aliphatic heterocycles. The second-order valence-electron chi connectivity index (χ2n) is 6.44. The molecule has 1 atom stereocenters. The van der Waals surface area contributed by atoms with E-state index in [1.54, 1.807) is 6.92 Å². The van der Waals surface area contributed by atoms with E-state index in [-0.39, 0.29) is 5.91 Å². The largest absolute Gasteiger partial charge is 0.355 e. The lowest BCUT2D eigenvalue weighted by Crippen LogP contribution is -2.51. The topological polar surface area (TPSA) is 55.1 Å². The predicted octanol–water partition coefficient (Wildman–Crippen LogP) is 2.84. The SMILES string of the molecule is CCCC(C)(N)C(=O)NCCCCC(C)(C)C. The standard InChI is InChI=1S/C14H30N2O/c1-6-9-14(5,15)12(17)16-11-8-7-10-13(2,3)4/h6-11,15H2,1-5H3,(H,16,17). The minimum absolute atomic E-state index is 0.0184. The second kappa shape index (κ2) is 7.00. The summed E-state index contributed by atoms with van der Waals surface area (Å²) in [5.74, 6) is -0.0184. The summed E-state index contributed by atoms with van der Waals surface area (Å²) in [5.41, 5.74) is 5.62. The maximum absolute atomic E-state index is 11.8. The number of rotatable bonds is 7. The third-order valence-electron chi connectivity index (χ3n) is 2.93. The van der Waals surface area contributed by atoms with Crippen molar-refractivity contribution in [1.82, 2.24) is 5.32 Å². The van der Waals surface area contributed by atoms with Crippen molar-refractivity contribution in [3.8, 4) is 0 Å². The molecule has 0 aromatic rings. The fourth-order valence-corrected chi connectivity index (χ4v) is 1.82. The second-order valence-corrected chi connectivity index (χ2v) is 6.44. The number of hydrogen-bond donors (Lipinski definition) is 2. The van der Waals surface area contributed by atoms with E-state index in [0.717, 1.165) is 32.2 Å². The normalized spacial score (nSPS) is 15.4. The third-order valence-corrected chi connectivity index (χ3v) is 2.93. The predicted molar refractivity (Wildman–Crippen MR) is 73.8 cm³/mol. The molecule has 0 aromatic heterocycles. The molecule has 0 bridgehead atoms. The van der Waals surface area contributed by atoms with Gasteiger partial charge in [0.1, 0.15) is 0 Å².